The van der Waals surface area contributed by atoms with Gasteiger partial charge in [0.15, 0.2) is 0 Å². The lowest BCUT2D eigenvalue weighted by Crippen LogP contribution is -2.48. The van der Waals surface area contributed by atoms with E-state index in [0.717, 1.165) is 31.2 Å². The predicted octanol–water partition coefficient (Wildman–Crippen LogP) is 3.34. The van der Waals surface area contributed by atoms with Gasteiger partial charge in [-0.3, -0.25) is 9.69 Å². The fourth-order valence-electron chi connectivity index (χ4n) is 5.05. The van der Waals surface area contributed by atoms with Crippen LogP contribution in [0, 0.1) is 5.82 Å². The molecular weight excluding hydrogens is 513 g/mol. The minimum absolute atomic E-state index is 0.299. The number of hydrogen-bond donors (Lipinski definition) is 0. The van der Waals surface area contributed by atoms with Gasteiger partial charge in [0.2, 0.25) is 15.0 Å². The fraction of sp³-hybridized carbons (Fsp3) is 0.346. The smallest absolute Gasteiger partial charge is 0.275 e. The second-order valence-electron chi connectivity index (χ2n) is 9.52. The topological polar surface area (TPSA) is 87.9 Å². The fourth-order valence-corrected chi connectivity index (χ4v) is 7.45. The molecule has 11 heteroatoms. The highest BCUT2D eigenvalue weighted by Gasteiger charge is 2.29. The van der Waals surface area contributed by atoms with E-state index in [2.05, 4.69) is 15.0 Å². The lowest BCUT2D eigenvalue weighted by Gasteiger charge is -2.33. The third-order valence-electron chi connectivity index (χ3n) is 7.04. The molecule has 1 aliphatic heterocycles. The summed E-state index contributed by atoms with van der Waals surface area (Å²) in [6.45, 7) is 2.28. The molecule has 2 aromatic carbocycles. The van der Waals surface area contributed by atoms with Gasteiger partial charge >= 0.3 is 0 Å². The molecule has 3 heterocycles. The molecule has 2 aliphatic rings. The summed E-state index contributed by atoms with van der Waals surface area (Å²) in [7, 11) is -3.55. The molecule has 1 saturated heterocycles. The third kappa shape index (κ3) is 4.84. The van der Waals surface area contributed by atoms with Gasteiger partial charge in [0.25, 0.3) is 5.56 Å². The molecule has 8 nitrogen and oxygen atoms in total. The van der Waals surface area contributed by atoms with Gasteiger partial charge in [0, 0.05) is 44.4 Å². The highest BCUT2D eigenvalue weighted by Crippen LogP contribution is 2.27. The van der Waals surface area contributed by atoms with Gasteiger partial charge in [-0.2, -0.15) is 13.9 Å². The number of sulfonamides is 1. The predicted molar refractivity (Wildman–Crippen MR) is 140 cm³/mol. The number of hydrogen-bond acceptors (Lipinski definition) is 7. The molecule has 6 rings (SSSR count). The summed E-state index contributed by atoms with van der Waals surface area (Å²) in [4.78, 5) is 20.2. The Kier molecular flexibility index (Phi) is 6.39. The van der Waals surface area contributed by atoms with E-state index in [1.54, 1.807) is 22.5 Å². The summed E-state index contributed by atoms with van der Waals surface area (Å²) in [5.74, 6) is -0.370. The van der Waals surface area contributed by atoms with Crippen molar-refractivity contribution in [2.24, 2.45) is 0 Å². The molecule has 0 spiro atoms. The standard InChI is InChI=1S/C26H26FN5O3S2/c27-21-7-3-6-20(14-21)25-29-32-24(33)16-22(28-26(32)36-25)17-30-10-12-31(13-11-30)37(34,35)23-9-8-18-4-1-2-5-19(18)15-23/h3,6-9,14-16H,1-2,4-5,10-13,17H2. The minimum Gasteiger partial charge on any atom is -0.295 e. The molecule has 1 aliphatic carbocycles. The van der Waals surface area contributed by atoms with Crippen molar-refractivity contribution in [1.29, 1.82) is 0 Å². The van der Waals surface area contributed by atoms with E-state index < -0.39 is 10.0 Å². The maximum absolute atomic E-state index is 13.6. The second kappa shape index (κ2) is 9.71. The summed E-state index contributed by atoms with van der Waals surface area (Å²) in [6.07, 6.45) is 4.22. The molecule has 0 radical (unpaired) electrons. The first-order valence-corrected chi connectivity index (χ1v) is 14.6. The Bertz CT molecular complexity index is 1640. The van der Waals surface area contributed by atoms with Gasteiger partial charge in [-0.1, -0.05) is 29.5 Å². The summed E-state index contributed by atoms with van der Waals surface area (Å²) in [6, 6.07) is 13.1. The Hall–Kier alpha value is -2.99. The molecule has 2 aromatic heterocycles. The van der Waals surface area contributed by atoms with E-state index in [1.165, 1.54) is 39.6 Å². The number of nitrogens with zero attached hydrogens (tertiary/aromatic N) is 5. The van der Waals surface area contributed by atoms with Crippen molar-refractivity contribution in [3.05, 3.63) is 81.5 Å². The Morgan fingerprint density at radius 3 is 2.51 bits per heavy atom. The first-order valence-electron chi connectivity index (χ1n) is 12.4. The number of halogens is 1. The molecule has 0 N–H and O–H groups in total. The zero-order valence-corrected chi connectivity index (χ0v) is 21.8. The van der Waals surface area contributed by atoms with Crippen molar-refractivity contribution in [2.75, 3.05) is 26.2 Å². The molecular formula is C26H26FN5O3S2. The highest BCUT2D eigenvalue weighted by molar-refractivity contribution is 7.89. The maximum Gasteiger partial charge on any atom is 0.275 e. The van der Waals surface area contributed by atoms with E-state index >= 15 is 0 Å². The monoisotopic (exact) mass is 539 g/mol. The van der Waals surface area contributed by atoms with Crippen LogP contribution in [0.1, 0.15) is 29.7 Å². The molecule has 192 valence electrons. The van der Waals surface area contributed by atoms with Crippen molar-refractivity contribution in [1.82, 2.24) is 23.8 Å². The van der Waals surface area contributed by atoms with Crippen LogP contribution in [0.2, 0.25) is 0 Å². The summed E-state index contributed by atoms with van der Waals surface area (Å²) in [5.41, 5.74) is 3.31. The number of aromatic nitrogens is 3. The zero-order valence-electron chi connectivity index (χ0n) is 20.1. The van der Waals surface area contributed by atoms with Crippen LogP contribution in [0.4, 0.5) is 4.39 Å². The Morgan fingerprint density at radius 2 is 1.73 bits per heavy atom. The Morgan fingerprint density at radius 1 is 0.946 bits per heavy atom. The van der Waals surface area contributed by atoms with Crippen LogP contribution >= 0.6 is 11.3 Å². The normalized spacial score (nSPS) is 17.2. The van der Waals surface area contributed by atoms with Crippen LogP contribution in [0.5, 0.6) is 0 Å². The average molecular weight is 540 g/mol. The number of aryl methyl sites for hydroxylation is 2. The summed E-state index contributed by atoms with van der Waals surface area (Å²) < 4.78 is 43.0. The van der Waals surface area contributed by atoms with Crippen molar-refractivity contribution in [3.63, 3.8) is 0 Å². The minimum atomic E-state index is -3.55. The number of rotatable bonds is 5. The van der Waals surface area contributed by atoms with E-state index in [0.29, 0.717) is 58.8 Å². The van der Waals surface area contributed by atoms with Crippen LogP contribution in [-0.2, 0) is 29.4 Å². The van der Waals surface area contributed by atoms with Crippen LogP contribution in [0.3, 0.4) is 0 Å². The van der Waals surface area contributed by atoms with Gasteiger partial charge in [0.05, 0.1) is 10.6 Å². The van der Waals surface area contributed by atoms with Gasteiger partial charge in [0.1, 0.15) is 10.8 Å². The number of piperazine rings is 1. The lowest BCUT2D eigenvalue weighted by molar-refractivity contribution is 0.180. The van der Waals surface area contributed by atoms with Gasteiger partial charge in [-0.15, -0.1) is 0 Å². The van der Waals surface area contributed by atoms with Crippen LogP contribution in [-0.4, -0.2) is 58.4 Å². The quantitative estimate of drug-likeness (QED) is 0.387. The molecule has 0 amide bonds. The molecule has 0 saturated carbocycles. The molecule has 0 unspecified atom stereocenters. The molecule has 1 fully saturated rings. The number of fused-ring (bicyclic) bond motifs is 2. The molecule has 37 heavy (non-hydrogen) atoms. The van der Waals surface area contributed by atoms with E-state index in [1.807, 2.05) is 12.1 Å². The summed E-state index contributed by atoms with van der Waals surface area (Å²) >= 11 is 1.23. The van der Waals surface area contributed by atoms with Crippen molar-refractivity contribution < 1.29 is 12.8 Å². The second-order valence-corrected chi connectivity index (χ2v) is 12.4. The van der Waals surface area contributed by atoms with Crippen LogP contribution in [0.15, 0.2) is 58.2 Å². The van der Waals surface area contributed by atoms with Crippen molar-refractivity contribution in [3.8, 4) is 10.6 Å². The molecule has 0 atom stereocenters. The molecule has 0 bridgehead atoms. The largest absolute Gasteiger partial charge is 0.295 e. The van der Waals surface area contributed by atoms with Gasteiger partial charge in [-0.05, 0) is 61.1 Å². The average Bonchev–Trinajstić information content (AvgIpc) is 3.34. The SMILES string of the molecule is O=c1cc(CN2CCN(S(=O)(=O)c3ccc4c(c3)CCCC4)CC2)nc2sc(-c3cccc(F)c3)nn12. The summed E-state index contributed by atoms with van der Waals surface area (Å²) in [5, 5.41) is 4.83. The molecule has 4 aromatic rings. The highest BCUT2D eigenvalue weighted by atomic mass is 32.2. The van der Waals surface area contributed by atoms with E-state index in [-0.39, 0.29) is 11.4 Å². The zero-order chi connectivity index (χ0) is 25.6. The first kappa shape index (κ1) is 24.4. The third-order valence-corrected chi connectivity index (χ3v) is 9.90. The lowest BCUT2D eigenvalue weighted by atomic mass is 9.92. The first-order chi connectivity index (χ1) is 17.9. The van der Waals surface area contributed by atoms with E-state index in [9.17, 15) is 17.6 Å². The Balaban J connectivity index is 1.15. The van der Waals surface area contributed by atoms with Crippen LogP contribution in [0.25, 0.3) is 15.5 Å². The maximum atomic E-state index is 13.6. The van der Waals surface area contributed by atoms with Gasteiger partial charge < -0.3 is 0 Å². The Labute approximate surface area is 218 Å². The van der Waals surface area contributed by atoms with Crippen LogP contribution < -0.4 is 5.56 Å². The van der Waals surface area contributed by atoms with Crippen molar-refractivity contribution in [2.45, 2.75) is 37.1 Å². The van der Waals surface area contributed by atoms with Gasteiger partial charge in [-0.25, -0.2) is 17.8 Å². The van der Waals surface area contributed by atoms with Crippen molar-refractivity contribution >= 4 is 26.3 Å². The number of benzene rings is 2. The van der Waals surface area contributed by atoms with E-state index in [4.69, 9.17) is 0 Å².